The summed E-state index contributed by atoms with van der Waals surface area (Å²) in [7, 11) is 0. The average Bonchev–Trinajstić information content (AvgIpc) is 3.03. The van der Waals surface area contributed by atoms with Crippen LogP contribution in [0.15, 0.2) is 24.3 Å². The molecule has 1 aliphatic carbocycles. The number of hydrogen-bond acceptors (Lipinski definition) is 2. The van der Waals surface area contributed by atoms with E-state index in [1.54, 1.807) is 0 Å². The van der Waals surface area contributed by atoms with Gasteiger partial charge in [0.15, 0.2) is 0 Å². The van der Waals surface area contributed by atoms with Gasteiger partial charge in [0.2, 0.25) is 11.3 Å². The smallest absolute Gasteiger partial charge is 0.232 e. The normalized spacial score (nSPS) is 29.1. The highest BCUT2D eigenvalue weighted by atomic mass is 32.2. The summed E-state index contributed by atoms with van der Waals surface area (Å²) in [6.07, 6.45) is 5.35. The summed E-state index contributed by atoms with van der Waals surface area (Å²) in [4.78, 5) is 2.67. The molecule has 1 aromatic carbocycles. The van der Waals surface area contributed by atoms with Crippen LogP contribution in [-0.2, 0) is 23.2 Å². The van der Waals surface area contributed by atoms with Crippen LogP contribution in [0, 0.1) is 17.8 Å². The predicted molar refractivity (Wildman–Crippen MR) is 108 cm³/mol. The number of fused-ring (bicyclic) bond motifs is 1. The van der Waals surface area contributed by atoms with E-state index in [0.717, 1.165) is 17.4 Å². The summed E-state index contributed by atoms with van der Waals surface area (Å²) in [6, 6.07) is 8.66. The molecule has 1 saturated carbocycles. The number of hydrogen-bond donors (Lipinski definition) is 2. The van der Waals surface area contributed by atoms with Gasteiger partial charge in [-0.25, -0.2) is 8.93 Å². The number of nitrogens with one attached hydrogen (secondary N) is 1. The highest BCUT2D eigenvalue weighted by Crippen LogP contribution is 2.67. The fraction of sp³-hybridized carbons (Fsp3) is 0.714. The van der Waals surface area contributed by atoms with Crippen molar-refractivity contribution < 1.29 is 8.76 Å². The number of nitrogens with zero attached hydrogens (tertiary/aromatic N) is 1. The maximum Gasteiger partial charge on any atom is 0.232 e. The molecule has 2 N–H and O–H groups in total. The van der Waals surface area contributed by atoms with Gasteiger partial charge in [-0.2, -0.15) is 0 Å². The van der Waals surface area contributed by atoms with Crippen molar-refractivity contribution in [2.75, 3.05) is 19.6 Å². The first-order valence-corrected chi connectivity index (χ1v) is 11.3. The van der Waals surface area contributed by atoms with Gasteiger partial charge in [-0.1, -0.05) is 64.3 Å². The predicted octanol–water partition coefficient (Wildman–Crippen LogP) is 3.95. The quantitative estimate of drug-likeness (QED) is 0.479. The highest BCUT2D eigenvalue weighted by Gasteiger charge is 2.69. The number of likely N-dealkylation sites (tertiary alicyclic amines) is 1. The molecule has 5 heteroatoms. The van der Waals surface area contributed by atoms with Crippen molar-refractivity contribution in [3.63, 3.8) is 0 Å². The molecule has 0 aromatic heterocycles. The second kappa shape index (κ2) is 8.51. The maximum atomic E-state index is 10.9. The Bertz CT molecular complexity index is 622. The molecule has 0 bridgehead atoms. The highest BCUT2D eigenvalue weighted by molar-refractivity contribution is 7.77. The van der Waals surface area contributed by atoms with Crippen molar-refractivity contribution in [1.29, 1.82) is 0 Å². The minimum Gasteiger partial charge on any atom is -0.303 e. The molecule has 0 amide bonds. The van der Waals surface area contributed by atoms with Crippen molar-refractivity contribution in [1.82, 2.24) is 9.62 Å². The summed E-state index contributed by atoms with van der Waals surface area (Å²) in [5.41, 5.74) is 2.82. The van der Waals surface area contributed by atoms with Crippen LogP contribution in [0.4, 0.5) is 0 Å². The topological polar surface area (TPSA) is 52.6 Å². The minimum atomic E-state index is -1.96. The van der Waals surface area contributed by atoms with Crippen LogP contribution in [0.2, 0.25) is 0 Å². The van der Waals surface area contributed by atoms with Gasteiger partial charge in [-0.15, -0.1) is 0 Å². The third kappa shape index (κ3) is 3.91. The zero-order valence-electron chi connectivity index (χ0n) is 16.4. The van der Waals surface area contributed by atoms with Crippen molar-refractivity contribution >= 4 is 11.3 Å². The van der Waals surface area contributed by atoms with Gasteiger partial charge < -0.3 is 4.90 Å². The van der Waals surface area contributed by atoms with Crippen LogP contribution in [-0.4, -0.2) is 33.3 Å². The molecular weight excluding hydrogens is 344 g/mol. The molecule has 2 fully saturated rings. The van der Waals surface area contributed by atoms with E-state index < -0.39 is 11.3 Å². The maximum absolute atomic E-state index is 10.9. The van der Waals surface area contributed by atoms with Gasteiger partial charge in [0.25, 0.3) is 0 Å². The molecule has 1 aliphatic heterocycles. The molecule has 0 radical (unpaired) electrons. The Kier molecular flexibility index (Phi) is 6.54. The lowest BCUT2D eigenvalue weighted by molar-refractivity contribution is 0.243. The third-order valence-electron chi connectivity index (χ3n) is 6.62. The molecule has 3 rings (SSSR count). The number of rotatable bonds is 10. The Morgan fingerprint density at radius 3 is 2.62 bits per heavy atom. The molecule has 26 heavy (non-hydrogen) atoms. The Morgan fingerprint density at radius 1 is 1.27 bits per heavy atom. The summed E-state index contributed by atoms with van der Waals surface area (Å²) in [5, 5.41) is 0. The number of benzene rings is 1. The largest absolute Gasteiger partial charge is 0.303 e. The zero-order valence-corrected chi connectivity index (χ0v) is 17.2. The van der Waals surface area contributed by atoms with E-state index in [9.17, 15) is 4.21 Å². The molecule has 146 valence electrons. The Morgan fingerprint density at radius 2 is 2.00 bits per heavy atom. The van der Waals surface area contributed by atoms with E-state index >= 15 is 0 Å². The summed E-state index contributed by atoms with van der Waals surface area (Å²) in [6.45, 7) is 11.1. The summed E-state index contributed by atoms with van der Waals surface area (Å²) in [5.74, 6) is 2.16. The minimum absolute atomic E-state index is 0.300. The first-order chi connectivity index (χ1) is 12.5. The average molecular weight is 379 g/mol. The van der Waals surface area contributed by atoms with E-state index in [1.807, 2.05) is 6.07 Å². The Balaban J connectivity index is 1.65. The van der Waals surface area contributed by atoms with E-state index in [0.29, 0.717) is 17.9 Å². The van der Waals surface area contributed by atoms with Gasteiger partial charge in [0.1, 0.15) is 0 Å². The van der Waals surface area contributed by atoms with E-state index in [-0.39, 0.29) is 0 Å². The molecule has 3 atom stereocenters. The van der Waals surface area contributed by atoms with Gasteiger partial charge >= 0.3 is 0 Å². The Labute approximate surface area is 161 Å². The molecule has 1 aromatic rings. The van der Waals surface area contributed by atoms with Crippen molar-refractivity contribution in [2.45, 2.75) is 58.4 Å². The molecule has 3 unspecified atom stereocenters. The number of unbranched alkanes of at least 4 members (excludes halogenated alkanes) is 3. The molecule has 0 spiro atoms. The van der Waals surface area contributed by atoms with E-state index in [4.69, 9.17) is 4.55 Å². The van der Waals surface area contributed by atoms with Crippen molar-refractivity contribution in [3.05, 3.63) is 35.4 Å². The lowest BCUT2D eigenvalue weighted by atomic mass is 9.79. The SMILES string of the molecule is CCCCCCN1CC2C(C1)C2(c1cccc(CNS(=O)O)c1)C(C)C. The first-order valence-electron chi connectivity index (χ1n) is 10.2. The van der Waals surface area contributed by atoms with E-state index in [1.165, 1.54) is 50.9 Å². The van der Waals surface area contributed by atoms with Crippen molar-refractivity contribution in [3.8, 4) is 0 Å². The molecule has 4 nitrogen and oxygen atoms in total. The molecule has 2 aliphatic rings. The van der Waals surface area contributed by atoms with Crippen LogP contribution in [0.25, 0.3) is 0 Å². The second-order valence-corrected chi connectivity index (χ2v) is 9.18. The van der Waals surface area contributed by atoms with Crippen LogP contribution in [0.3, 0.4) is 0 Å². The summed E-state index contributed by atoms with van der Waals surface area (Å²) < 4.78 is 22.5. The van der Waals surface area contributed by atoms with Gasteiger partial charge in [0, 0.05) is 25.0 Å². The van der Waals surface area contributed by atoms with Crippen molar-refractivity contribution in [2.24, 2.45) is 17.8 Å². The fourth-order valence-electron chi connectivity index (χ4n) is 5.41. The Hall–Kier alpha value is -0.750. The van der Waals surface area contributed by atoms with Gasteiger partial charge in [-0.3, -0.25) is 4.55 Å². The van der Waals surface area contributed by atoms with Crippen LogP contribution in [0.5, 0.6) is 0 Å². The fourth-order valence-corrected chi connectivity index (χ4v) is 5.70. The summed E-state index contributed by atoms with van der Waals surface area (Å²) >= 11 is -1.96. The van der Waals surface area contributed by atoms with Gasteiger partial charge in [0.05, 0.1) is 0 Å². The second-order valence-electron chi connectivity index (χ2n) is 8.39. The van der Waals surface area contributed by atoms with E-state index in [2.05, 4.69) is 48.6 Å². The van der Waals surface area contributed by atoms with Crippen LogP contribution < -0.4 is 4.72 Å². The first kappa shape index (κ1) is 20.0. The molecule has 1 saturated heterocycles. The molecule has 1 heterocycles. The zero-order chi connectivity index (χ0) is 18.7. The number of piperidine rings is 1. The van der Waals surface area contributed by atoms with Gasteiger partial charge in [-0.05, 0) is 41.8 Å². The standard InChI is InChI=1S/C21H34N2O2S/c1-4-5-6-7-11-23-14-19-20(15-23)21(19,16(2)3)18-10-8-9-17(12-18)13-22-26(24)25/h8-10,12,16,19-20,22H,4-7,11,13-15H2,1-3H3,(H,24,25). The monoisotopic (exact) mass is 378 g/mol. The lowest BCUT2D eigenvalue weighted by Crippen LogP contribution is -2.34. The lowest BCUT2D eigenvalue weighted by Gasteiger charge is -2.30. The van der Waals surface area contributed by atoms with Crippen LogP contribution >= 0.6 is 0 Å². The molecular formula is C21H34N2O2S. The van der Waals surface area contributed by atoms with Crippen LogP contribution in [0.1, 0.15) is 57.6 Å². The third-order valence-corrected chi connectivity index (χ3v) is 7.01.